The van der Waals surface area contributed by atoms with Gasteiger partial charge in [0.15, 0.2) is 0 Å². The third kappa shape index (κ3) is 7.18. The van der Waals surface area contributed by atoms with E-state index in [4.69, 9.17) is 14.2 Å². The Bertz CT molecular complexity index is 2560. The summed E-state index contributed by atoms with van der Waals surface area (Å²) in [6.07, 6.45) is 3.18. The number of amides is 1. The predicted molar refractivity (Wildman–Crippen MR) is 218 cm³/mol. The number of aromatic nitrogens is 4. The summed E-state index contributed by atoms with van der Waals surface area (Å²) in [6, 6.07) is 40.5. The summed E-state index contributed by atoms with van der Waals surface area (Å²) in [7, 11) is 1.65. The van der Waals surface area contributed by atoms with Gasteiger partial charge in [-0.3, -0.25) is 19.1 Å². The third-order valence-corrected chi connectivity index (χ3v) is 11.2. The van der Waals surface area contributed by atoms with Gasteiger partial charge in [-0.05, 0) is 52.1 Å². The van der Waals surface area contributed by atoms with Gasteiger partial charge in [-0.1, -0.05) is 103 Å². The zero-order chi connectivity index (χ0) is 40.5. The van der Waals surface area contributed by atoms with E-state index in [0.717, 1.165) is 33.4 Å². The first kappa shape index (κ1) is 37.7. The fraction of sp³-hybridized carbons (Fsp3) is 0.217. The van der Waals surface area contributed by atoms with Crippen LogP contribution in [0, 0.1) is 0 Å². The zero-order valence-electron chi connectivity index (χ0n) is 32.2. The van der Waals surface area contributed by atoms with Gasteiger partial charge in [0.2, 0.25) is 5.95 Å². The summed E-state index contributed by atoms with van der Waals surface area (Å²) in [5.74, 6) is 0.544. The van der Waals surface area contributed by atoms with Crippen molar-refractivity contribution >= 4 is 22.9 Å². The average Bonchev–Trinajstić information content (AvgIpc) is 3.76. The monoisotopic (exact) mass is 794 g/mol. The summed E-state index contributed by atoms with van der Waals surface area (Å²) in [6.45, 7) is -0.851. The summed E-state index contributed by atoms with van der Waals surface area (Å²) in [5, 5.41) is 0.467. The first-order valence-electron chi connectivity index (χ1n) is 19.4. The molecule has 2 saturated heterocycles. The Morgan fingerprint density at radius 1 is 0.797 bits per heavy atom. The van der Waals surface area contributed by atoms with Crippen molar-refractivity contribution in [2.24, 2.45) is 7.05 Å². The van der Waals surface area contributed by atoms with Crippen molar-refractivity contribution in [1.82, 2.24) is 24.2 Å². The predicted octanol–water partition coefficient (Wildman–Crippen LogP) is 7.60. The molecule has 0 saturated carbocycles. The standard InChI is InChI=1S/C46H40F2N6O5/c1-51-42(55)39-19-18-32(34-25-49-44(50-26-34)52-21-22-53-38(28-52)30-57-45(53)56)24-40(39)54(51)27-33-23-31(17-20-41(33)59-43(47)48)29-58-46(35-11-5-2-6-12-35,36-13-7-3-8-14-36)37-15-9-4-10-16-37/h2-20,23-26,38,43H,21-22,27-30H2,1H3/t38-/m0/s1. The molecule has 0 N–H and O–H groups in total. The lowest BCUT2D eigenvalue weighted by atomic mass is 9.80. The van der Waals surface area contributed by atoms with Crippen LogP contribution in [0.3, 0.4) is 0 Å². The number of ether oxygens (including phenoxy) is 3. The molecule has 2 aromatic heterocycles. The number of fused-ring (bicyclic) bond motifs is 2. The maximum atomic E-state index is 13.9. The van der Waals surface area contributed by atoms with Crippen LogP contribution >= 0.6 is 0 Å². The number of cyclic esters (lactones) is 1. The average molecular weight is 795 g/mol. The van der Waals surface area contributed by atoms with Crippen molar-refractivity contribution in [1.29, 1.82) is 0 Å². The van der Waals surface area contributed by atoms with Crippen molar-refractivity contribution in [3.05, 3.63) is 178 Å². The molecular weight excluding hydrogens is 755 g/mol. The summed E-state index contributed by atoms with van der Waals surface area (Å²) in [4.78, 5) is 38.6. The van der Waals surface area contributed by atoms with Gasteiger partial charge in [0, 0.05) is 50.2 Å². The van der Waals surface area contributed by atoms with Crippen LogP contribution < -0.4 is 15.2 Å². The van der Waals surface area contributed by atoms with Crippen LogP contribution in [0.25, 0.3) is 22.0 Å². The number of nitrogens with zero attached hydrogens (tertiary/aromatic N) is 6. The number of piperazine rings is 1. The van der Waals surface area contributed by atoms with Crippen LogP contribution in [0.1, 0.15) is 27.8 Å². The number of alkyl halides is 2. The number of hydrogen-bond donors (Lipinski definition) is 0. The molecule has 7 aromatic rings. The number of carbonyl (C=O) groups is 1. The van der Waals surface area contributed by atoms with Gasteiger partial charge in [-0.15, -0.1) is 0 Å². The van der Waals surface area contributed by atoms with E-state index in [1.54, 1.807) is 47.2 Å². The fourth-order valence-corrected chi connectivity index (χ4v) is 8.22. The van der Waals surface area contributed by atoms with Gasteiger partial charge in [0.25, 0.3) is 5.56 Å². The molecule has 5 aromatic carbocycles. The first-order chi connectivity index (χ1) is 28.8. The number of halogens is 2. The molecule has 0 bridgehead atoms. The van der Waals surface area contributed by atoms with Crippen LogP contribution in [0.2, 0.25) is 0 Å². The Balaban J connectivity index is 1.04. The molecule has 298 valence electrons. The Labute approximate surface area is 338 Å². The molecule has 59 heavy (non-hydrogen) atoms. The van der Waals surface area contributed by atoms with Crippen molar-refractivity contribution in [2.45, 2.75) is 31.4 Å². The summed E-state index contributed by atoms with van der Waals surface area (Å²) < 4.78 is 48.2. The minimum atomic E-state index is -3.06. The highest BCUT2D eigenvalue weighted by Gasteiger charge is 2.39. The van der Waals surface area contributed by atoms with E-state index in [-0.39, 0.29) is 36.6 Å². The van der Waals surface area contributed by atoms with Gasteiger partial charge in [0.1, 0.15) is 18.0 Å². The van der Waals surface area contributed by atoms with E-state index >= 15 is 0 Å². The number of benzene rings is 5. The Morgan fingerprint density at radius 3 is 2.07 bits per heavy atom. The lowest BCUT2D eigenvalue weighted by Gasteiger charge is -2.36. The van der Waals surface area contributed by atoms with Crippen LogP contribution in [-0.4, -0.2) is 69.2 Å². The molecule has 1 amide bonds. The third-order valence-electron chi connectivity index (χ3n) is 11.2. The van der Waals surface area contributed by atoms with Gasteiger partial charge in [-0.25, -0.2) is 14.8 Å². The quantitative estimate of drug-likeness (QED) is 0.117. The van der Waals surface area contributed by atoms with Gasteiger partial charge >= 0.3 is 12.7 Å². The molecule has 11 nitrogen and oxygen atoms in total. The van der Waals surface area contributed by atoms with E-state index < -0.39 is 12.2 Å². The molecule has 2 aliphatic rings. The highest BCUT2D eigenvalue weighted by molar-refractivity contribution is 5.84. The van der Waals surface area contributed by atoms with Crippen molar-refractivity contribution in [2.75, 3.05) is 31.1 Å². The van der Waals surface area contributed by atoms with E-state index in [9.17, 15) is 18.4 Å². The lowest BCUT2D eigenvalue weighted by molar-refractivity contribution is -0.0505. The molecular formula is C46H40F2N6O5. The van der Waals surface area contributed by atoms with E-state index in [2.05, 4.69) is 9.97 Å². The molecule has 2 aliphatic heterocycles. The van der Waals surface area contributed by atoms with Gasteiger partial charge < -0.3 is 19.1 Å². The number of anilines is 1. The van der Waals surface area contributed by atoms with Gasteiger partial charge in [-0.2, -0.15) is 8.78 Å². The van der Waals surface area contributed by atoms with E-state index in [1.807, 2.05) is 108 Å². The van der Waals surface area contributed by atoms with Gasteiger partial charge in [0.05, 0.1) is 30.1 Å². The maximum Gasteiger partial charge on any atom is 0.410 e. The van der Waals surface area contributed by atoms with Crippen LogP contribution in [-0.2, 0) is 35.3 Å². The molecule has 0 radical (unpaired) electrons. The van der Waals surface area contributed by atoms with Crippen molar-refractivity contribution < 1.29 is 27.8 Å². The molecule has 2 fully saturated rings. The number of carbonyl (C=O) groups excluding carboxylic acids is 1. The zero-order valence-corrected chi connectivity index (χ0v) is 32.2. The van der Waals surface area contributed by atoms with E-state index in [1.165, 1.54) is 10.7 Å². The molecule has 1 atom stereocenters. The second kappa shape index (κ2) is 15.8. The molecule has 0 aliphatic carbocycles. The molecule has 13 heteroatoms. The second-order valence-corrected chi connectivity index (χ2v) is 14.6. The fourth-order valence-electron chi connectivity index (χ4n) is 8.22. The molecule has 9 rings (SSSR count). The lowest BCUT2D eigenvalue weighted by Crippen LogP contribution is -2.52. The van der Waals surface area contributed by atoms with Crippen LogP contribution in [0.5, 0.6) is 5.75 Å². The normalized spacial score (nSPS) is 15.5. The summed E-state index contributed by atoms with van der Waals surface area (Å²) in [5.41, 5.74) is 4.82. The van der Waals surface area contributed by atoms with E-state index in [0.29, 0.717) is 48.7 Å². The minimum absolute atomic E-state index is 0.00648. The van der Waals surface area contributed by atoms with Crippen molar-refractivity contribution in [3.8, 4) is 16.9 Å². The minimum Gasteiger partial charge on any atom is -0.447 e. The number of hydrogen-bond acceptors (Lipinski definition) is 8. The number of rotatable bonds is 12. The first-order valence-corrected chi connectivity index (χ1v) is 19.4. The SMILES string of the molecule is Cn1c(=O)c2ccc(-c3cnc(N4CCN5C(=O)OC[C@@H]5C4)nc3)cc2n1Cc1cc(COC(c2ccccc2)(c2ccccc2)c2ccccc2)ccc1OC(F)F. The molecule has 4 heterocycles. The molecule has 0 unspecified atom stereocenters. The highest BCUT2D eigenvalue weighted by Crippen LogP contribution is 2.41. The Kier molecular flexibility index (Phi) is 10.1. The molecule has 0 spiro atoms. The smallest absolute Gasteiger partial charge is 0.410 e. The second-order valence-electron chi connectivity index (χ2n) is 14.6. The van der Waals surface area contributed by atoms with Crippen LogP contribution in [0.15, 0.2) is 145 Å². The maximum absolute atomic E-state index is 13.9. The van der Waals surface area contributed by atoms with Crippen LogP contribution in [0.4, 0.5) is 19.5 Å². The Hall–Kier alpha value is -6.86. The highest BCUT2D eigenvalue weighted by atomic mass is 19.3. The van der Waals surface area contributed by atoms with Crippen molar-refractivity contribution in [3.63, 3.8) is 0 Å². The Morgan fingerprint density at radius 2 is 1.44 bits per heavy atom. The topological polar surface area (TPSA) is 104 Å². The largest absolute Gasteiger partial charge is 0.447 e. The summed E-state index contributed by atoms with van der Waals surface area (Å²) >= 11 is 0.